The molecule has 0 N–H and O–H groups in total. The van der Waals surface area contributed by atoms with Gasteiger partial charge in [0.1, 0.15) is 0 Å². The van der Waals surface area contributed by atoms with Gasteiger partial charge in [0.25, 0.3) is 0 Å². The Hall–Kier alpha value is 0.519. The molecule has 0 saturated heterocycles. The Balaban J connectivity index is 2.96. The zero-order chi connectivity index (χ0) is 14.9. The van der Waals surface area contributed by atoms with Gasteiger partial charge in [-0.25, -0.2) is 0 Å². The third-order valence-corrected chi connectivity index (χ3v) is 5.67. The Kier molecular flexibility index (Phi) is 18.0. The van der Waals surface area contributed by atoms with Crippen molar-refractivity contribution < 1.29 is 0 Å². The van der Waals surface area contributed by atoms with Crippen LogP contribution in [-0.2, 0) is 0 Å². The van der Waals surface area contributed by atoms with Gasteiger partial charge >= 0.3 is 105 Å². The van der Waals surface area contributed by atoms with E-state index in [0.29, 0.717) is 0 Å². The summed E-state index contributed by atoms with van der Waals surface area (Å²) >= 11 is 2.83. The molecule has 0 aliphatic rings. The van der Waals surface area contributed by atoms with Crippen LogP contribution in [0.25, 0.3) is 0 Å². The molecular weight excluding hydrogens is 307 g/mol. The summed E-state index contributed by atoms with van der Waals surface area (Å²) < 4.78 is 0. The van der Waals surface area contributed by atoms with Crippen LogP contribution in [0, 0.1) is 0 Å². The summed E-state index contributed by atoms with van der Waals surface area (Å²) in [5.74, 6) is 0. The first-order valence-corrected chi connectivity index (χ1v) is 10.6. The summed E-state index contributed by atoms with van der Waals surface area (Å²) in [6, 6.07) is 0. The Morgan fingerprint density at radius 1 is 0.550 bits per heavy atom. The van der Waals surface area contributed by atoms with E-state index >= 15 is 0 Å². The summed E-state index contributed by atoms with van der Waals surface area (Å²) in [6.07, 6.45) is 23.3. The standard InChI is InChI=1S/C19H40Se/c1-3-5-6-7-8-9-10-11-12-13-14-15-16-17-18-19(20)4-2/h19-20H,3-18H2,1-2H3. The van der Waals surface area contributed by atoms with E-state index in [1.807, 2.05) is 0 Å². The van der Waals surface area contributed by atoms with E-state index in [2.05, 4.69) is 29.9 Å². The Labute approximate surface area is 137 Å². The molecule has 0 nitrogen and oxygen atoms in total. The van der Waals surface area contributed by atoms with Crippen LogP contribution < -0.4 is 0 Å². The predicted molar refractivity (Wildman–Crippen MR) is 96.1 cm³/mol. The molecule has 0 radical (unpaired) electrons. The molecule has 0 fully saturated rings. The van der Waals surface area contributed by atoms with Crippen LogP contribution in [0.15, 0.2) is 0 Å². The van der Waals surface area contributed by atoms with Crippen molar-refractivity contribution in [1.82, 2.24) is 0 Å². The average Bonchev–Trinajstić information content (AvgIpc) is 2.47. The summed E-state index contributed by atoms with van der Waals surface area (Å²) in [5.41, 5.74) is 0. The van der Waals surface area contributed by atoms with E-state index in [1.165, 1.54) is 103 Å². The van der Waals surface area contributed by atoms with Gasteiger partial charge in [0.05, 0.1) is 0 Å². The first-order valence-electron chi connectivity index (χ1n) is 9.49. The number of hydrogen-bond donors (Lipinski definition) is 0. The van der Waals surface area contributed by atoms with Crippen LogP contribution in [0.4, 0.5) is 0 Å². The van der Waals surface area contributed by atoms with Crippen LogP contribution in [0.1, 0.15) is 117 Å². The van der Waals surface area contributed by atoms with Gasteiger partial charge in [0, 0.05) is 0 Å². The van der Waals surface area contributed by atoms with Crippen molar-refractivity contribution in [3.63, 3.8) is 0 Å². The first kappa shape index (κ1) is 20.5. The fourth-order valence-corrected chi connectivity index (χ4v) is 3.16. The second-order valence-electron chi connectivity index (χ2n) is 6.45. The van der Waals surface area contributed by atoms with E-state index in [0.717, 1.165) is 4.82 Å². The van der Waals surface area contributed by atoms with E-state index < -0.39 is 0 Å². The summed E-state index contributed by atoms with van der Waals surface area (Å²) in [5, 5.41) is 0. The van der Waals surface area contributed by atoms with Crippen molar-refractivity contribution in [3.05, 3.63) is 0 Å². The molecule has 0 aromatic rings. The summed E-state index contributed by atoms with van der Waals surface area (Å²) in [6.45, 7) is 4.59. The van der Waals surface area contributed by atoms with Crippen molar-refractivity contribution in [2.24, 2.45) is 0 Å². The Bertz CT molecular complexity index is 167. The molecular formula is C19H40Se. The topological polar surface area (TPSA) is 0 Å². The van der Waals surface area contributed by atoms with Gasteiger partial charge in [-0.15, -0.1) is 0 Å². The molecule has 0 spiro atoms. The molecule has 0 aromatic carbocycles. The zero-order valence-corrected chi connectivity index (χ0v) is 16.2. The molecule has 0 rings (SSSR count). The molecule has 122 valence electrons. The molecule has 1 heteroatoms. The van der Waals surface area contributed by atoms with Gasteiger partial charge in [0.15, 0.2) is 0 Å². The fourth-order valence-electron chi connectivity index (χ4n) is 2.78. The minimum atomic E-state index is 0.889. The molecule has 0 bridgehead atoms. The van der Waals surface area contributed by atoms with Gasteiger partial charge in [-0.1, -0.05) is 32.6 Å². The average molecular weight is 347 g/mol. The maximum atomic E-state index is 2.83. The molecule has 0 aliphatic carbocycles. The van der Waals surface area contributed by atoms with E-state index in [4.69, 9.17) is 0 Å². The normalized spacial score (nSPS) is 12.8. The maximum absolute atomic E-state index is 2.83. The van der Waals surface area contributed by atoms with Gasteiger partial charge in [0.2, 0.25) is 0 Å². The van der Waals surface area contributed by atoms with Gasteiger partial charge in [-0.05, 0) is 0 Å². The third-order valence-electron chi connectivity index (χ3n) is 4.36. The van der Waals surface area contributed by atoms with Crippen molar-refractivity contribution in [2.75, 3.05) is 0 Å². The van der Waals surface area contributed by atoms with Crippen LogP contribution in [0.2, 0.25) is 4.82 Å². The molecule has 0 aromatic heterocycles. The molecule has 0 aliphatic heterocycles. The molecule has 20 heavy (non-hydrogen) atoms. The van der Waals surface area contributed by atoms with Crippen LogP contribution in [0.3, 0.4) is 0 Å². The summed E-state index contributed by atoms with van der Waals surface area (Å²) in [4.78, 5) is 0.889. The zero-order valence-electron chi connectivity index (χ0n) is 14.3. The van der Waals surface area contributed by atoms with Gasteiger partial charge < -0.3 is 0 Å². The van der Waals surface area contributed by atoms with Crippen molar-refractivity contribution >= 4 is 16.0 Å². The predicted octanol–water partition coefficient (Wildman–Crippen LogP) is 6.96. The quantitative estimate of drug-likeness (QED) is 0.209. The van der Waals surface area contributed by atoms with E-state index in [9.17, 15) is 0 Å². The van der Waals surface area contributed by atoms with Crippen molar-refractivity contribution in [1.29, 1.82) is 0 Å². The molecule has 0 saturated carbocycles. The Morgan fingerprint density at radius 2 is 0.900 bits per heavy atom. The fraction of sp³-hybridized carbons (Fsp3) is 1.00. The van der Waals surface area contributed by atoms with E-state index in [1.54, 1.807) is 0 Å². The molecule has 0 heterocycles. The third kappa shape index (κ3) is 16.6. The van der Waals surface area contributed by atoms with E-state index in [-0.39, 0.29) is 0 Å². The SMILES string of the molecule is CCCCCCCCCCCCCCCCC([SeH])CC. The van der Waals surface area contributed by atoms with Crippen LogP contribution >= 0.6 is 0 Å². The van der Waals surface area contributed by atoms with Gasteiger partial charge in [-0.3, -0.25) is 0 Å². The van der Waals surface area contributed by atoms with Crippen LogP contribution in [0.5, 0.6) is 0 Å². The molecule has 1 atom stereocenters. The minimum absolute atomic E-state index is 0.889. The Morgan fingerprint density at radius 3 is 1.25 bits per heavy atom. The molecule has 1 unspecified atom stereocenters. The van der Waals surface area contributed by atoms with Crippen molar-refractivity contribution in [2.45, 2.75) is 121 Å². The number of rotatable bonds is 16. The second kappa shape index (κ2) is 17.6. The number of hydrogen-bond acceptors (Lipinski definition) is 0. The number of unbranched alkanes of at least 4 members (excludes halogenated alkanes) is 13. The summed E-state index contributed by atoms with van der Waals surface area (Å²) in [7, 11) is 0. The monoisotopic (exact) mass is 348 g/mol. The van der Waals surface area contributed by atoms with Crippen molar-refractivity contribution in [3.8, 4) is 0 Å². The second-order valence-corrected chi connectivity index (χ2v) is 7.98. The van der Waals surface area contributed by atoms with Gasteiger partial charge in [-0.2, -0.15) is 0 Å². The van der Waals surface area contributed by atoms with Crippen LogP contribution in [-0.4, -0.2) is 16.0 Å². The molecule has 0 amide bonds. The first-order chi connectivity index (χ1) is 9.81.